The van der Waals surface area contributed by atoms with E-state index in [4.69, 9.17) is 9.47 Å². The number of fused-ring (bicyclic) bond motifs is 1. The Morgan fingerprint density at radius 3 is 2.85 bits per heavy atom. The summed E-state index contributed by atoms with van der Waals surface area (Å²) in [6.45, 7) is 2.98. The first-order chi connectivity index (χ1) is 9.75. The smallest absolute Gasteiger partial charge is 0.163 e. The number of hydrogen-bond acceptors (Lipinski definition) is 3. The molecule has 0 saturated carbocycles. The van der Waals surface area contributed by atoms with E-state index in [2.05, 4.69) is 0 Å². The van der Waals surface area contributed by atoms with Crippen LogP contribution >= 0.6 is 0 Å². The molecule has 20 heavy (non-hydrogen) atoms. The van der Waals surface area contributed by atoms with Crippen LogP contribution < -0.4 is 4.74 Å². The second-order valence-corrected chi connectivity index (χ2v) is 5.18. The van der Waals surface area contributed by atoms with Gasteiger partial charge in [0.2, 0.25) is 0 Å². The summed E-state index contributed by atoms with van der Waals surface area (Å²) in [4.78, 5) is 11.8. The highest BCUT2D eigenvalue weighted by Crippen LogP contribution is 2.32. The number of rotatable bonds is 3. The number of benzene rings is 2. The predicted molar refractivity (Wildman–Crippen MR) is 78.4 cm³/mol. The molecule has 3 rings (SSSR count). The highest BCUT2D eigenvalue weighted by atomic mass is 16.5. The Morgan fingerprint density at radius 1 is 1.25 bits per heavy atom. The van der Waals surface area contributed by atoms with Gasteiger partial charge in [-0.05, 0) is 31.2 Å². The molecule has 1 saturated heterocycles. The zero-order valence-corrected chi connectivity index (χ0v) is 11.6. The fourth-order valence-corrected chi connectivity index (χ4v) is 2.62. The van der Waals surface area contributed by atoms with E-state index in [1.807, 2.05) is 36.4 Å². The van der Waals surface area contributed by atoms with Crippen molar-refractivity contribution in [3.8, 4) is 5.75 Å². The van der Waals surface area contributed by atoms with Gasteiger partial charge in [-0.3, -0.25) is 4.79 Å². The molecular weight excluding hydrogens is 252 g/mol. The van der Waals surface area contributed by atoms with Crippen molar-refractivity contribution >= 4 is 16.6 Å². The lowest BCUT2D eigenvalue weighted by Gasteiger charge is -2.25. The van der Waals surface area contributed by atoms with Crippen molar-refractivity contribution in [3.63, 3.8) is 0 Å². The molecule has 0 aromatic heterocycles. The Kier molecular flexibility index (Phi) is 3.70. The van der Waals surface area contributed by atoms with Gasteiger partial charge in [0.15, 0.2) is 5.78 Å². The SMILES string of the molecule is CC(=O)c1ccc2ccccc2c1OC1CCCOC1. The van der Waals surface area contributed by atoms with E-state index in [0.717, 1.165) is 30.2 Å². The van der Waals surface area contributed by atoms with Crippen LogP contribution in [0.15, 0.2) is 36.4 Å². The van der Waals surface area contributed by atoms with Gasteiger partial charge >= 0.3 is 0 Å². The summed E-state index contributed by atoms with van der Waals surface area (Å²) in [6.07, 6.45) is 2.01. The van der Waals surface area contributed by atoms with Gasteiger partial charge in [-0.1, -0.05) is 30.3 Å². The molecule has 1 aliphatic heterocycles. The molecule has 1 heterocycles. The molecule has 1 unspecified atom stereocenters. The predicted octanol–water partition coefficient (Wildman–Crippen LogP) is 3.60. The van der Waals surface area contributed by atoms with E-state index in [0.29, 0.717) is 17.9 Å². The lowest BCUT2D eigenvalue weighted by Crippen LogP contribution is -2.28. The maximum Gasteiger partial charge on any atom is 0.163 e. The average Bonchev–Trinajstić information content (AvgIpc) is 2.48. The van der Waals surface area contributed by atoms with Crippen molar-refractivity contribution in [1.29, 1.82) is 0 Å². The average molecular weight is 270 g/mol. The molecule has 0 spiro atoms. The van der Waals surface area contributed by atoms with Gasteiger partial charge in [-0.15, -0.1) is 0 Å². The molecule has 0 bridgehead atoms. The molecule has 0 N–H and O–H groups in total. The highest BCUT2D eigenvalue weighted by molar-refractivity contribution is 6.03. The molecule has 3 heteroatoms. The van der Waals surface area contributed by atoms with Gasteiger partial charge in [-0.25, -0.2) is 0 Å². The first-order valence-electron chi connectivity index (χ1n) is 7.03. The molecule has 0 aliphatic carbocycles. The van der Waals surface area contributed by atoms with Crippen LogP contribution in [0, 0.1) is 0 Å². The van der Waals surface area contributed by atoms with Gasteiger partial charge in [0.1, 0.15) is 11.9 Å². The quantitative estimate of drug-likeness (QED) is 0.799. The zero-order valence-electron chi connectivity index (χ0n) is 11.6. The first kappa shape index (κ1) is 13.1. The highest BCUT2D eigenvalue weighted by Gasteiger charge is 2.20. The topological polar surface area (TPSA) is 35.5 Å². The summed E-state index contributed by atoms with van der Waals surface area (Å²) >= 11 is 0. The molecule has 104 valence electrons. The minimum atomic E-state index is 0.0301. The van der Waals surface area contributed by atoms with Crippen molar-refractivity contribution in [3.05, 3.63) is 42.0 Å². The van der Waals surface area contributed by atoms with Crippen molar-refractivity contribution in [2.45, 2.75) is 25.9 Å². The Balaban J connectivity index is 2.04. The number of carbonyl (C=O) groups excluding carboxylic acids is 1. The fourth-order valence-electron chi connectivity index (χ4n) is 2.62. The molecule has 1 aliphatic rings. The lowest BCUT2D eigenvalue weighted by molar-refractivity contribution is 0.00778. The van der Waals surface area contributed by atoms with Gasteiger partial charge in [0.25, 0.3) is 0 Å². The van der Waals surface area contributed by atoms with Crippen LogP contribution in [-0.4, -0.2) is 25.1 Å². The molecule has 0 radical (unpaired) electrons. The largest absolute Gasteiger partial charge is 0.487 e. The second-order valence-electron chi connectivity index (χ2n) is 5.18. The van der Waals surface area contributed by atoms with Crippen molar-refractivity contribution in [2.24, 2.45) is 0 Å². The lowest BCUT2D eigenvalue weighted by atomic mass is 10.0. The van der Waals surface area contributed by atoms with Crippen LogP contribution in [0.5, 0.6) is 5.75 Å². The van der Waals surface area contributed by atoms with Crippen molar-refractivity contribution in [1.82, 2.24) is 0 Å². The van der Waals surface area contributed by atoms with Gasteiger partial charge < -0.3 is 9.47 Å². The molecule has 2 aromatic rings. The maximum absolute atomic E-state index is 11.8. The summed E-state index contributed by atoms with van der Waals surface area (Å²) < 4.78 is 11.6. The fraction of sp³-hybridized carbons (Fsp3) is 0.353. The number of carbonyl (C=O) groups is 1. The maximum atomic E-state index is 11.8. The number of hydrogen-bond donors (Lipinski definition) is 0. The number of ether oxygens (including phenoxy) is 2. The van der Waals surface area contributed by atoms with E-state index in [1.54, 1.807) is 6.92 Å². The monoisotopic (exact) mass is 270 g/mol. The minimum absolute atomic E-state index is 0.0301. The van der Waals surface area contributed by atoms with Gasteiger partial charge in [-0.2, -0.15) is 0 Å². The summed E-state index contributed by atoms with van der Waals surface area (Å²) in [5.74, 6) is 0.730. The third kappa shape index (κ3) is 2.54. The Morgan fingerprint density at radius 2 is 2.10 bits per heavy atom. The van der Waals surface area contributed by atoms with Crippen LogP contribution in [0.25, 0.3) is 10.8 Å². The first-order valence-corrected chi connectivity index (χ1v) is 7.03. The molecule has 3 nitrogen and oxygen atoms in total. The summed E-state index contributed by atoms with van der Waals surface area (Å²) in [7, 11) is 0. The van der Waals surface area contributed by atoms with Gasteiger partial charge in [0, 0.05) is 12.0 Å². The van der Waals surface area contributed by atoms with Crippen LogP contribution in [0.1, 0.15) is 30.1 Å². The molecular formula is C17H18O3. The third-order valence-electron chi connectivity index (χ3n) is 3.66. The Bertz CT molecular complexity index is 627. The van der Waals surface area contributed by atoms with E-state index in [1.165, 1.54) is 0 Å². The summed E-state index contributed by atoms with van der Waals surface area (Å²) in [5.41, 5.74) is 0.647. The summed E-state index contributed by atoms with van der Waals surface area (Å²) in [6, 6.07) is 11.8. The van der Waals surface area contributed by atoms with Gasteiger partial charge in [0.05, 0.1) is 12.2 Å². The number of Topliss-reactive ketones (excluding diaryl/α,β-unsaturated/α-hetero) is 1. The number of ketones is 1. The van der Waals surface area contributed by atoms with Crippen molar-refractivity contribution in [2.75, 3.05) is 13.2 Å². The third-order valence-corrected chi connectivity index (χ3v) is 3.66. The van der Waals surface area contributed by atoms with E-state index >= 15 is 0 Å². The van der Waals surface area contributed by atoms with E-state index in [-0.39, 0.29) is 11.9 Å². The summed E-state index contributed by atoms with van der Waals surface area (Å²) in [5, 5.41) is 2.08. The van der Waals surface area contributed by atoms with Crippen LogP contribution in [0.4, 0.5) is 0 Å². The normalized spacial score (nSPS) is 18.9. The standard InChI is InChI=1S/C17H18O3/c1-12(18)15-9-8-13-5-2-3-7-16(13)17(15)20-14-6-4-10-19-11-14/h2-3,5,7-9,14H,4,6,10-11H2,1H3. The minimum Gasteiger partial charge on any atom is -0.487 e. The Hall–Kier alpha value is -1.87. The van der Waals surface area contributed by atoms with Crippen LogP contribution in [0.2, 0.25) is 0 Å². The van der Waals surface area contributed by atoms with Crippen molar-refractivity contribution < 1.29 is 14.3 Å². The zero-order chi connectivity index (χ0) is 13.9. The van der Waals surface area contributed by atoms with Crippen LogP contribution in [-0.2, 0) is 4.74 Å². The molecule has 1 atom stereocenters. The molecule has 2 aromatic carbocycles. The van der Waals surface area contributed by atoms with Crippen LogP contribution in [0.3, 0.4) is 0 Å². The Labute approximate surface area is 118 Å². The van der Waals surface area contributed by atoms with E-state index in [9.17, 15) is 4.79 Å². The van der Waals surface area contributed by atoms with E-state index < -0.39 is 0 Å². The second kappa shape index (κ2) is 5.63. The molecule has 0 amide bonds. The molecule has 1 fully saturated rings.